The standard InChI is InChI=1S/C24H32N4O5/c1-14-13-26(23(32)33-24(3,4)5)10-11-27(14)16-6-7-18-17(12-16)15(2)22(31)28(18)19-8-9-20(29)25-21(19)30/h6-7,12,14-15,19H,8-11,13H2,1-5H3,(H,25,29,30)/t14-,15-,19?/m0/s1. The lowest BCUT2D eigenvalue weighted by molar-refractivity contribution is -0.135. The van der Waals surface area contributed by atoms with Gasteiger partial charge >= 0.3 is 6.09 Å². The van der Waals surface area contributed by atoms with Crippen LogP contribution in [0.4, 0.5) is 16.2 Å². The number of benzene rings is 1. The molecule has 3 aliphatic rings. The van der Waals surface area contributed by atoms with Crippen molar-refractivity contribution in [1.82, 2.24) is 10.2 Å². The number of piperidine rings is 1. The van der Waals surface area contributed by atoms with Crippen LogP contribution >= 0.6 is 0 Å². The van der Waals surface area contributed by atoms with Gasteiger partial charge in [-0.05, 0) is 64.8 Å². The number of hydrogen-bond donors (Lipinski definition) is 1. The van der Waals surface area contributed by atoms with Crippen molar-refractivity contribution in [1.29, 1.82) is 0 Å². The molecule has 4 amide bonds. The molecule has 178 valence electrons. The number of carbonyl (C=O) groups is 4. The van der Waals surface area contributed by atoms with Gasteiger partial charge in [0.2, 0.25) is 17.7 Å². The van der Waals surface area contributed by atoms with Crippen molar-refractivity contribution in [2.75, 3.05) is 29.4 Å². The maximum atomic E-state index is 13.1. The van der Waals surface area contributed by atoms with Crippen molar-refractivity contribution in [3.05, 3.63) is 23.8 Å². The highest BCUT2D eigenvalue weighted by Crippen LogP contribution is 2.42. The maximum absolute atomic E-state index is 13.1. The molecule has 9 heteroatoms. The van der Waals surface area contributed by atoms with E-state index in [-0.39, 0.29) is 36.3 Å². The summed E-state index contributed by atoms with van der Waals surface area (Å²) in [5, 5.41) is 2.35. The third-order valence-corrected chi connectivity index (χ3v) is 6.48. The van der Waals surface area contributed by atoms with Crippen LogP contribution in [0.2, 0.25) is 0 Å². The molecule has 1 aromatic carbocycles. The topological polar surface area (TPSA) is 99.3 Å². The first kappa shape index (κ1) is 23.1. The Morgan fingerprint density at radius 2 is 1.85 bits per heavy atom. The quantitative estimate of drug-likeness (QED) is 0.686. The highest BCUT2D eigenvalue weighted by atomic mass is 16.6. The largest absolute Gasteiger partial charge is 0.444 e. The van der Waals surface area contributed by atoms with E-state index in [1.54, 1.807) is 9.80 Å². The van der Waals surface area contributed by atoms with Crippen LogP contribution < -0.4 is 15.1 Å². The van der Waals surface area contributed by atoms with E-state index in [4.69, 9.17) is 4.74 Å². The number of nitrogens with one attached hydrogen (secondary N) is 1. The molecule has 3 aliphatic heterocycles. The zero-order valence-corrected chi connectivity index (χ0v) is 19.9. The normalized spacial score (nSPS) is 25.8. The van der Waals surface area contributed by atoms with E-state index in [2.05, 4.69) is 17.1 Å². The molecule has 2 saturated heterocycles. The third kappa shape index (κ3) is 4.41. The minimum absolute atomic E-state index is 0.0722. The lowest BCUT2D eigenvalue weighted by Gasteiger charge is -2.41. The summed E-state index contributed by atoms with van der Waals surface area (Å²) >= 11 is 0. The van der Waals surface area contributed by atoms with E-state index in [9.17, 15) is 19.2 Å². The van der Waals surface area contributed by atoms with Crippen LogP contribution in [0, 0.1) is 0 Å². The van der Waals surface area contributed by atoms with Crippen LogP contribution in [0.5, 0.6) is 0 Å². The number of anilines is 2. The predicted molar refractivity (Wildman–Crippen MR) is 123 cm³/mol. The van der Waals surface area contributed by atoms with Gasteiger partial charge in [-0.2, -0.15) is 0 Å². The molecule has 0 radical (unpaired) electrons. The van der Waals surface area contributed by atoms with Crippen molar-refractivity contribution in [3.8, 4) is 0 Å². The molecular weight excluding hydrogens is 424 g/mol. The highest BCUT2D eigenvalue weighted by Gasteiger charge is 2.43. The number of ether oxygens (including phenoxy) is 1. The summed E-state index contributed by atoms with van der Waals surface area (Å²) in [7, 11) is 0. The van der Waals surface area contributed by atoms with Gasteiger partial charge in [-0.1, -0.05) is 0 Å². The average Bonchev–Trinajstić information content (AvgIpc) is 2.97. The first-order chi connectivity index (χ1) is 15.5. The van der Waals surface area contributed by atoms with E-state index in [1.165, 1.54) is 0 Å². The van der Waals surface area contributed by atoms with E-state index in [1.807, 2.05) is 45.9 Å². The van der Waals surface area contributed by atoms with Gasteiger partial charge in [0.05, 0.1) is 5.92 Å². The maximum Gasteiger partial charge on any atom is 0.410 e. The van der Waals surface area contributed by atoms with Gasteiger partial charge in [0.25, 0.3) is 0 Å². The van der Waals surface area contributed by atoms with Crippen molar-refractivity contribution in [2.45, 2.75) is 71.1 Å². The summed E-state index contributed by atoms with van der Waals surface area (Å²) in [5.41, 5.74) is 2.05. The smallest absolute Gasteiger partial charge is 0.410 e. The van der Waals surface area contributed by atoms with Gasteiger partial charge in [-0.3, -0.25) is 24.6 Å². The van der Waals surface area contributed by atoms with Gasteiger partial charge < -0.3 is 14.5 Å². The minimum atomic E-state index is -0.666. The van der Waals surface area contributed by atoms with Crippen LogP contribution in [-0.4, -0.2) is 66.0 Å². The summed E-state index contributed by atoms with van der Waals surface area (Å²) < 4.78 is 5.51. The molecule has 0 aliphatic carbocycles. The molecule has 3 heterocycles. The second kappa shape index (κ2) is 8.35. The zero-order valence-electron chi connectivity index (χ0n) is 19.9. The Bertz CT molecular complexity index is 1000. The molecule has 3 atom stereocenters. The first-order valence-electron chi connectivity index (χ1n) is 11.5. The number of amides is 4. The van der Waals surface area contributed by atoms with Gasteiger partial charge in [-0.15, -0.1) is 0 Å². The van der Waals surface area contributed by atoms with Crippen molar-refractivity contribution >= 4 is 35.2 Å². The molecule has 33 heavy (non-hydrogen) atoms. The van der Waals surface area contributed by atoms with Gasteiger partial charge in [0.1, 0.15) is 11.6 Å². The van der Waals surface area contributed by atoms with Crippen molar-refractivity contribution in [2.24, 2.45) is 0 Å². The SMILES string of the molecule is C[C@@H]1C(=O)N(C2CCC(=O)NC2=O)c2ccc(N3CCN(C(=O)OC(C)(C)C)C[C@@H]3C)cc21. The molecule has 0 spiro atoms. The van der Waals surface area contributed by atoms with Crippen molar-refractivity contribution in [3.63, 3.8) is 0 Å². The molecule has 0 saturated carbocycles. The van der Waals surface area contributed by atoms with Crippen LogP contribution in [0.15, 0.2) is 18.2 Å². The number of carbonyl (C=O) groups excluding carboxylic acids is 4. The van der Waals surface area contributed by atoms with Gasteiger partial charge in [-0.25, -0.2) is 4.79 Å². The predicted octanol–water partition coefficient (Wildman–Crippen LogP) is 2.39. The lowest BCUT2D eigenvalue weighted by atomic mass is 10.0. The number of piperazine rings is 1. The van der Waals surface area contributed by atoms with Gasteiger partial charge in [0, 0.05) is 43.5 Å². The summed E-state index contributed by atoms with van der Waals surface area (Å²) in [6, 6.07) is 5.28. The summed E-state index contributed by atoms with van der Waals surface area (Å²) in [5.74, 6) is -1.22. The molecule has 2 fully saturated rings. The molecule has 0 bridgehead atoms. The third-order valence-electron chi connectivity index (χ3n) is 6.48. The second-order valence-corrected chi connectivity index (χ2v) is 10.1. The number of nitrogens with zero attached hydrogens (tertiary/aromatic N) is 3. The van der Waals surface area contributed by atoms with Crippen molar-refractivity contribution < 1.29 is 23.9 Å². The number of imide groups is 1. The summed E-state index contributed by atoms with van der Waals surface area (Å²) in [6.45, 7) is 11.2. The fraction of sp³-hybridized carbons (Fsp3) is 0.583. The lowest BCUT2D eigenvalue weighted by Crippen LogP contribution is -2.54. The Balaban J connectivity index is 1.52. The Morgan fingerprint density at radius 1 is 1.12 bits per heavy atom. The summed E-state index contributed by atoms with van der Waals surface area (Å²) in [4.78, 5) is 55.0. The van der Waals surface area contributed by atoms with Gasteiger partial charge in [0.15, 0.2) is 0 Å². The zero-order chi connectivity index (χ0) is 24.1. The molecule has 1 unspecified atom stereocenters. The molecule has 1 aromatic rings. The molecule has 0 aromatic heterocycles. The highest BCUT2D eigenvalue weighted by molar-refractivity contribution is 6.12. The van der Waals surface area contributed by atoms with E-state index < -0.39 is 17.6 Å². The Hall–Kier alpha value is -3.10. The first-order valence-corrected chi connectivity index (χ1v) is 11.5. The van der Waals surface area contributed by atoms with Crippen LogP contribution in [0.1, 0.15) is 58.9 Å². The number of hydrogen-bond acceptors (Lipinski definition) is 6. The second-order valence-electron chi connectivity index (χ2n) is 10.1. The fourth-order valence-electron chi connectivity index (χ4n) is 4.83. The Labute approximate surface area is 194 Å². The Morgan fingerprint density at radius 3 is 2.48 bits per heavy atom. The molecule has 4 rings (SSSR count). The van der Waals surface area contributed by atoms with E-state index in [0.29, 0.717) is 26.1 Å². The summed E-state index contributed by atoms with van der Waals surface area (Å²) in [6.07, 6.45) is 0.247. The van der Waals surface area contributed by atoms with Crippen LogP contribution in [0.25, 0.3) is 0 Å². The molecule has 9 nitrogen and oxygen atoms in total. The average molecular weight is 457 g/mol. The number of rotatable bonds is 2. The monoisotopic (exact) mass is 456 g/mol. The minimum Gasteiger partial charge on any atom is -0.444 e. The number of fused-ring (bicyclic) bond motifs is 1. The van der Waals surface area contributed by atoms with Crippen LogP contribution in [0.3, 0.4) is 0 Å². The Kier molecular flexibility index (Phi) is 5.84. The molecule has 1 N–H and O–H groups in total. The fourth-order valence-corrected chi connectivity index (χ4v) is 4.83. The molecular formula is C24H32N4O5. The van der Waals surface area contributed by atoms with Crippen LogP contribution in [-0.2, 0) is 19.1 Å². The van der Waals surface area contributed by atoms with E-state index >= 15 is 0 Å². The van der Waals surface area contributed by atoms with E-state index in [0.717, 1.165) is 16.9 Å².